The van der Waals surface area contributed by atoms with Crippen LogP contribution in [-0.2, 0) is 6.54 Å². The van der Waals surface area contributed by atoms with Crippen LogP contribution in [0.15, 0.2) is 42.5 Å². The van der Waals surface area contributed by atoms with Crippen LogP contribution in [0.5, 0.6) is 0 Å². The second kappa shape index (κ2) is 4.89. The molecule has 0 aliphatic heterocycles. The van der Waals surface area contributed by atoms with E-state index in [2.05, 4.69) is 47.7 Å². The lowest BCUT2D eigenvalue weighted by atomic mass is 10.1. The summed E-state index contributed by atoms with van der Waals surface area (Å²) in [6, 6.07) is 14.6. The van der Waals surface area contributed by atoms with E-state index < -0.39 is 0 Å². The van der Waals surface area contributed by atoms with Crippen molar-refractivity contribution in [1.29, 1.82) is 0 Å². The lowest BCUT2D eigenvalue weighted by Gasteiger charge is -2.10. The van der Waals surface area contributed by atoms with Crippen LogP contribution in [0, 0.1) is 6.92 Å². The van der Waals surface area contributed by atoms with Crippen molar-refractivity contribution in [2.75, 3.05) is 11.1 Å². The number of nitrogens with zero attached hydrogens (tertiary/aromatic N) is 2. The second-order valence-electron chi connectivity index (χ2n) is 4.85. The summed E-state index contributed by atoms with van der Waals surface area (Å²) in [7, 11) is 0. The van der Waals surface area contributed by atoms with Gasteiger partial charge in [0.25, 0.3) is 0 Å². The molecule has 0 unspecified atom stereocenters. The van der Waals surface area contributed by atoms with Gasteiger partial charge in [-0.05, 0) is 36.8 Å². The Hall–Kier alpha value is -2.49. The van der Waals surface area contributed by atoms with E-state index >= 15 is 0 Å². The Morgan fingerprint density at radius 3 is 2.65 bits per heavy atom. The zero-order valence-corrected chi connectivity index (χ0v) is 11.7. The molecule has 1 aromatic heterocycles. The van der Waals surface area contributed by atoms with Gasteiger partial charge in [-0.2, -0.15) is 5.10 Å². The Balaban J connectivity index is 2.01. The number of aryl methyl sites for hydroxylation is 2. The van der Waals surface area contributed by atoms with Gasteiger partial charge in [-0.25, -0.2) is 4.68 Å². The first-order chi connectivity index (χ1) is 9.69. The highest BCUT2D eigenvalue weighted by molar-refractivity contribution is 5.87. The molecule has 0 bridgehead atoms. The molecule has 0 aliphatic rings. The van der Waals surface area contributed by atoms with Gasteiger partial charge in [0.15, 0.2) is 5.82 Å². The number of benzene rings is 2. The summed E-state index contributed by atoms with van der Waals surface area (Å²) in [4.78, 5) is 0. The summed E-state index contributed by atoms with van der Waals surface area (Å²) in [5.41, 5.74) is 8.68. The SMILES string of the molecule is CCn1nc(C)c(N)c1Nc1ccc2ccccc2c1. The number of hydrogen-bond donors (Lipinski definition) is 2. The van der Waals surface area contributed by atoms with Gasteiger partial charge in [0.05, 0.1) is 11.4 Å². The van der Waals surface area contributed by atoms with Crippen LogP contribution in [0.4, 0.5) is 17.2 Å². The molecule has 0 spiro atoms. The molecule has 3 rings (SSSR count). The van der Waals surface area contributed by atoms with Crippen molar-refractivity contribution < 1.29 is 0 Å². The first-order valence-electron chi connectivity index (χ1n) is 6.77. The maximum Gasteiger partial charge on any atom is 0.152 e. The van der Waals surface area contributed by atoms with Crippen molar-refractivity contribution in [3.8, 4) is 0 Å². The highest BCUT2D eigenvalue weighted by Crippen LogP contribution is 2.27. The summed E-state index contributed by atoms with van der Waals surface area (Å²) in [5.74, 6) is 0.861. The third-order valence-corrected chi connectivity index (χ3v) is 3.49. The van der Waals surface area contributed by atoms with Crippen molar-refractivity contribution in [2.45, 2.75) is 20.4 Å². The van der Waals surface area contributed by atoms with Crippen LogP contribution in [0.1, 0.15) is 12.6 Å². The van der Waals surface area contributed by atoms with Crippen LogP contribution in [0.3, 0.4) is 0 Å². The maximum atomic E-state index is 6.09. The molecule has 3 aromatic rings. The molecule has 0 saturated heterocycles. The van der Waals surface area contributed by atoms with Crippen molar-refractivity contribution in [1.82, 2.24) is 9.78 Å². The Kier molecular flexibility index (Phi) is 3.06. The van der Waals surface area contributed by atoms with Gasteiger partial charge in [0, 0.05) is 12.2 Å². The van der Waals surface area contributed by atoms with Crippen LogP contribution < -0.4 is 11.1 Å². The molecule has 20 heavy (non-hydrogen) atoms. The minimum Gasteiger partial charge on any atom is -0.394 e. The third-order valence-electron chi connectivity index (χ3n) is 3.49. The van der Waals surface area contributed by atoms with Crippen LogP contribution in [0.25, 0.3) is 10.8 Å². The fraction of sp³-hybridized carbons (Fsp3) is 0.188. The van der Waals surface area contributed by atoms with Gasteiger partial charge in [-0.1, -0.05) is 30.3 Å². The highest BCUT2D eigenvalue weighted by atomic mass is 15.3. The maximum absolute atomic E-state index is 6.09. The molecular formula is C16H18N4. The Bertz CT molecular complexity index is 758. The van der Waals surface area contributed by atoms with E-state index in [0.29, 0.717) is 5.69 Å². The minimum atomic E-state index is 0.708. The molecule has 4 nitrogen and oxygen atoms in total. The predicted octanol–water partition coefficient (Wildman–Crippen LogP) is 3.69. The highest BCUT2D eigenvalue weighted by Gasteiger charge is 2.11. The van der Waals surface area contributed by atoms with Crippen molar-refractivity contribution in [2.24, 2.45) is 0 Å². The number of rotatable bonds is 3. The number of nitrogens with two attached hydrogens (primary N) is 1. The lowest BCUT2D eigenvalue weighted by molar-refractivity contribution is 0.661. The first-order valence-corrected chi connectivity index (χ1v) is 6.77. The Morgan fingerprint density at radius 1 is 1.15 bits per heavy atom. The number of hydrogen-bond acceptors (Lipinski definition) is 3. The Labute approximate surface area is 118 Å². The summed E-state index contributed by atoms with van der Waals surface area (Å²) >= 11 is 0. The average Bonchev–Trinajstić information content (AvgIpc) is 2.75. The molecule has 102 valence electrons. The summed E-state index contributed by atoms with van der Waals surface area (Å²) in [6.45, 7) is 4.76. The number of anilines is 3. The predicted molar refractivity (Wildman–Crippen MR) is 84.3 cm³/mol. The molecule has 0 atom stereocenters. The normalized spacial score (nSPS) is 10.9. The number of aromatic nitrogens is 2. The molecule has 4 heteroatoms. The summed E-state index contributed by atoms with van der Waals surface area (Å²) < 4.78 is 1.89. The smallest absolute Gasteiger partial charge is 0.152 e. The fourth-order valence-corrected chi connectivity index (χ4v) is 2.36. The van der Waals surface area contributed by atoms with E-state index in [-0.39, 0.29) is 0 Å². The standard InChI is InChI=1S/C16H18N4/c1-3-20-16(15(17)11(2)19-20)18-14-9-8-12-6-4-5-7-13(12)10-14/h4-10,18H,3,17H2,1-2H3. The molecule has 0 radical (unpaired) electrons. The Morgan fingerprint density at radius 2 is 1.90 bits per heavy atom. The fourth-order valence-electron chi connectivity index (χ4n) is 2.36. The molecule has 0 saturated carbocycles. The van der Waals surface area contributed by atoms with Gasteiger partial charge in [-0.15, -0.1) is 0 Å². The van der Waals surface area contributed by atoms with E-state index in [0.717, 1.165) is 23.7 Å². The summed E-state index contributed by atoms with van der Waals surface area (Å²) in [6.07, 6.45) is 0. The zero-order valence-electron chi connectivity index (χ0n) is 11.7. The monoisotopic (exact) mass is 266 g/mol. The van der Waals surface area contributed by atoms with E-state index in [1.165, 1.54) is 10.8 Å². The van der Waals surface area contributed by atoms with E-state index in [4.69, 9.17) is 5.73 Å². The lowest BCUT2D eigenvalue weighted by Crippen LogP contribution is -2.04. The van der Waals surface area contributed by atoms with Crippen molar-refractivity contribution >= 4 is 28.0 Å². The topological polar surface area (TPSA) is 55.9 Å². The molecule has 3 N–H and O–H groups in total. The van der Waals surface area contributed by atoms with Crippen LogP contribution >= 0.6 is 0 Å². The third kappa shape index (κ3) is 2.09. The second-order valence-corrected chi connectivity index (χ2v) is 4.85. The quantitative estimate of drug-likeness (QED) is 0.760. The van der Waals surface area contributed by atoms with Crippen molar-refractivity contribution in [3.63, 3.8) is 0 Å². The number of nitrogen functional groups attached to an aromatic ring is 1. The van der Waals surface area contributed by atoms with E-state index in [1.807, 2.05) is 23.7 Å². The van der Waals surface area contributed by atoms with E-state index in [9.17, 15) is 0 Å². The molecular weight excluding hydrogens is 248 g/mol. The van der Waals surface area contributed by atoms with Gasteiger partial charge >= 0.3 is 0 Å². The summed E-state index contributed by atoms with van der Waals surface area (Å²) in [5, 5.41) is 10.2. The van der Waals surface area contributed by atoms with Gasteiger partial charge < -0.3 is 11.1 Å². The minimum absolute atomic E-state index is 0.708. The van der Waals surface area contributed by atoms with Crippen molar-refractivity contribution in [3.05, 3.63) is 48.2 Å². The van der Waals surface area contributed by atoms with Crippen LogP contribution in [0.2, 0.25) is 0 Å². The average molecular weight is 266 g/mol. The molecule has 0 aliphatic carbocycles. The van der Waals surface area contributed by atoms with Gasteiger partial charge in [-0.3, -0.25) is 0 Å². The van der Waals surface area contributed by atoms with Gasteiger partial charge in [0.2, 0.25) is 0 Å². The van der Waals surface area contributed by atoms with E-state index in [1.54, 1.807) is 0 Å². The number of nitrogens with one attached hydrogen (secondary N) is 1. The molecule has 0 fully saturated rings. The van der Waals surface area contributed by atoms with Gasteiger partial charge in [0.1, 0.15) is 0 Å². The molecule has 1 heterocycles. The largest absolute Gasteiger partial charge is 0.394 e. The zero-order chi connectivity index (χ0) is 14.1. The number of fused-ring (bicyclic) bond motifs is 1. The first kappa shape index (κ1) is 12.5. The molecule has 0 amide bonds. The molecule has 2 aromatic carbocycles. The van der Waals surface area contributed by atoms with Crippen LogP contribution in [-0.4, -0.2) is 9.78 Å².